The van der Waals surface area contributed by atoms with Crippen LogP contribution in [0.25, 0.3) is 0 Å². The van der Waals surface area contributed by atoms with Crippen molar-refractivity contribution in [2.24, 2.45) is 0 Å². The van der Waals surface area contributed by atoms with Gasteiger partial charge in [0.25, 0.3) is 0 Å². The Morgan fingerprint density at radius 2 is 1.83 bits per heavy atom. The van der Waals surface area contributed by atoms with E-state index in [9.17, 15) is 0 Å². The van der Waals surface area contributed by atoms with Crippen molar-refractivity contribution in [1.82, 2.24) is 9.80 Å². The zero-order valence-corrected chi connectivity index (χ0v) is 8.76. The molecule has 12 heavy (non-hydrogen) atoms. The van der Waals surface area contributed by atoms with Crippen LogP contribution in [0.2, 0.25) is 0 Å². The van der Waals surface area contributed by atoms with Crippen molar-refractivity contribution in [3.63, 3.8) is 0 Å². The number of ether oxygens (including phenoxy) is 1. The van der Waals surface area contributed by atoms with E-state index in [-0.39, 0.29) is 5.12 Å². The van der Waals surface area contributed by atoms with Crippen LogP contribution < -0.4 is 0 Å². The lowest BCUT2D eigenvalue weighted by molar-refractivity contribution is -0.0318. The third-order valence-electron chi connectivity index (χ3n) is 2.40. The van der Waals surface area contributed by atoms with Crippen LogP contribution >= 0.6 is 11.6 Å². The molecule has 1 aliphatic rings. The molecular formula is C8H17ClN2O. The second-order valence-corrected chi connectivity index (χ2v) is 4.12. The van der Waals surface area contributed by atoms with E-state index in [1.54, 1.807) is 0 Å². The van der Waals surface area contributed by atoms with E-state index in [2.05, 4.69) is 4.90 Å². The highest BCUT2D eigenvalue weighted by Gasteiger charge is 2.32. The maximum absolute atomic E-state index is 6.35. The van der Waals surface area contributed by atoms with Gasteiger partial charge in [0.05, 0.1) is 13.2 Å². The van der Waals surface area contributed by atoms with Crippen molar-refractivity contribution in [2.45, 2.75) is 12.0 Å². The average molecular weight is 193 g/mol. The fourth-order valence-electron chi connectivity index (χ4n) is 1.25. The Hall–Kier alpha value is 0.170. The standard InChI is InChI=1S/C8H17ClN2O/c1-8(9,10(2)3)11-4-6-12-7-5-11/h4-7H2,1-3H3/t8-/m0/s1. The highest BCUT2D eigenvalue weighted by atomic mass is 35.5. The van der Waals surface area contributed by atoms with Gasteiger partial charge in [0, 0.05) is 13.1 Å². The van der Waals surface area contributed by atoms with Crippen LogP contribution in [0.1, 0.15) is 6.92 Å². The predicted octanol–water partition coefficient (Wildman–Crippen LogP) is 0.793. The number of hydrogen-bond donors (Lipinski definition) is 0. The van der Waals surface area contributed by atoms with Gasteiger partial charge in [-0.2, -0.15) is 0 Å². The summed E-state index contributed by atoms with van der Waals surface area (Å²) in [5, 5.41) is -0.371. The predicted molar refractivity (Wildman–Crippen MR) is 50.3 cm³/mol. The molecule has 1 fully saturated rings. The molecule has 0 bridgehead atoms. The largest absolute Gasteiger partial charge is 0.379 e. The Morgan fingerprint density at radius 1 is 1.33 bits per heavy atom. The van der Waals surface area contributed by atoms with Crippen molar-refractivity contribution < 1.29 is 4.74 Å². The molecule has 1 atom stereocenters. The maximum Gasteiger partial charge on any atom is 0.148 e. The van der Waals surface area contributed by atoms with E-state index in [0.717, 1.165) is 26.3 Å². The van der Waals surface area contributed by atoms with E-state index in [4.69, 9.17) is 16.3 Å². The molecule has 0 aromatic carbocycles. The highest BCUT2D eigenvalue weighted by Crippen LogP contribution is 2.23. The molecule has 0 aliphatic carbocycles. The van der Waals surface area contributed by atoms with Gasteiger partial charge in [-0.25, -0.2) is 0 Å². The number of hydrogen-bond acceptors (Lipinski definition) is 3. The van der Waals surface area contributed by atoms with Gasteiger partial charge in [-0.3, -0.25) is 9.80 Å². The van der Waals surface area contributed by atoms with Crippen LogP contribution in [-0.2, 0) is 4.74 Å². The molecule has 4 heteroatoms. The number of alkyl halides is 1. The summed E-state index contributed by atoms with van der Waals surface area (Å²) in [5.41, 5.74) is 0. The molecule has 1 aliphatic heterocycles. The molecular weight excluding hydrogens is 176 g/mol. The van der Waals surface area contributed by atoms with Gasteiger partial charge < -0.3 is 4.74 Å². The summed E-state index contributed by atoms with van der Waals surface area (Å²) in [4.78, 5) is 4.23. The van der Waals surface area contributed by atoms with Crippen molar-refractivity contribution in [1.29, 1.82) is 0 Å². The Labute approximate surface area is 79.2 Å². The topological polar surface area (TPSA) is 15.7 Å². The summed E-state index contributed by atoms with van der Waals surface area (Å²) < 4.78 is 5.26. The summed E-state index contributed by atoms with van der Waals surface area (Å²) in [6, 6.07) is 0. The smallest absolute Gasteiger partial charge is 0.148 e. The Kier molecular flexibility index (Phi) is 3.35. The number of morpholine rings is 1. The minimum atomic E-state index is -0.371. The number of rotatable bonds is 2. The molecule has 0 amide bonds. The molecule has 0 spiro atoms. The third-order valence-corrected chi connectivity index (χ3v) is 2.98. The molecule has 1 saturated heterocycles. The first kappa shape index (κ1) is 10.3. The van der Waals surface area contributed by atoms with Gasteiger partial charge in [0.2, 0.25) is 0 Å². The van der Waals surface area contributed by atoms with E-state index in [0.29, 0.717) is 0 Å². The molecule has 0 radical (unpaired) electrons. The Balaban J connectivity index is 2.53. The minimum absolute atomic E-state index is 0.371. The highest BCUT2D eigenvalue weighted by molar-refractivity contribution is 6.23. The molecule has 0 N–H and O–H groups in total. The van der Waals surface area contributed by atoms with Gasteiger partial charge >= 0.3 is 0 Å². The number of nitrogens with zero attached hydrogens (tertiary/aromatic N) is 2. The molecule has 72 valence electrons. The first-order valence-corrected chi connectivity index (χ1v) is 4.62. The summed E-state index contributed by atoms with van der Waals surface area (Å²) in [5.74, 6) is 0. The fraction of sp³-hybridized carbons (Fsp3) is 1.00. The lowest BCUT2D eigenvalue weighted by atomic mass is 10.3. The lowest BCUT2D eigenvalue weighted by Gasteiger charge is -2.42. The van der Waals surface area contributed by atoms with Crippen molar-refractivity contribution in [3.8, 4) is 0 Å². The summed E-state index contributed by atoms with van der Waals surface area (Å²) in [7, 11) is 3.98. The van der Waals surface area contributed by atoms with Crippen molar-refractivity contribution >= 4 is 11.6 Å². The lowest BCUT2D eigenvalue weighted by Crippen LogP contribution is -2.55. The van der Waals surface area contributed by atoms with Crippen LogP contribution in [-0.4, -0.2) is 55.3 Å². The quantitative estimate of drug-likeness (QED) is 0.476. The van der Waals surface area contributed by atoms with Gasteiger partial charge in [-0.15, -0.1) is 0 Å². The summed E-state index contributed by atoms with van der Waals surface area (Å²) >= 11 is 6.35. The average Bonchev–Trinajstić information content (AvgIpc) is 2.06. The molecule has 3 nitrogen and oxygen atoms in total. The molecule has 0 aromatic heterocycles. The molecule has 0 unspecified atom stereocenters. The Morgan fingerprint density at radius 3 is 2.25 bits per heavy atom. The third kappa shape index (κ3) is 2.10. The summed E-state index contributed by atoms with van der Waals surface area (Å²) in [6.45, 7) is 5.42. The van der Waals surface area contributed by atoms with Gasteiger partial charge in [-0.1, -0.05) is 11.6 Å². The molecule has 1 rings (SSSR count). The van der Waals surface area contributed by atoms with Crippen LogP contribution in [0.15, 0.2) is 0 Å². The first-order chi connectivity index (χ1) is 5.55. The van der Waals surface area contributed by atoms with E-state index in [1.807, 2.05) is 25.9 Å². The van der Waals surface area contributed by atoms with Gasteiger partial charge in [0.1, 0.15) is 5.12 Å². The van der Waals surface area contributed by atoms with E-state index >= 15 is 0 Å². The zero-order valence-electron chi connectivity index (χ0n) is 8.01. The monoisotopic (exact) mass is 192 g/mol. The van der Waals surface area contributed by atoms with E-state index in [1.165, 1.54) is 0 Å². The number of halogens is 1. The zero-order chi connectivity index (χ0) is 9.19. The van der Waals surface area contributed by atoms with E-state index < -0.39 is 0 Å². The van der Waals surface area contributed by atoms with Crippen LogP contribution in [0.3, 0.4) is 0 Å². The normalized spacial score (nSPS) is 25.8. The van der Waals surface area contributed by atoms with Gasteiger partial charge in [-0.05, 0) is 21.0 Å². The fourth-order valence-corrected chi connectivity index (χ4v) is 1.42. The molecule has 1 heterocycles. The van der Waals surface area contributed by atoms with Crippen LogP contribution in [0.5, 0.6) is 0 Å². The van der Waals surface area contributed by atoms with Gasteiger partial charge in [0.15, 0.2) is 0 Å². The first-order valence-electron chi connectivity index (χ1n) is 4.24. The Bertz CT molecular complexity index is 144. The molecule has 0 aromatic rings. The van der Waals surface area contributed by atoms with Crippen molar-refractivity contribution in [3.05, 3.63) is 0 Å². The summed E-state index contributed by atoms with van der Waals surface area (Å²) in [6.07, 6.45) is 0. The molecule has 0 saturated carbocycles. The second kappa shape index (κ2) is 3.92. The van der Waals surface area contributed by atoms with Crippen LogP contribution in [0.4, 0.5) is 0 Å². The van der Waals surface area contributed by atoms with Crippen LogP contribution in [0, 0.1) is 0 Å². The van der Waals surface area contributed by atoms with Crippen molar-refractivity contribution in [2.75, 3.05) is 40.4 Å². The SMILES string of the molecule is CN(C)[C@](C)(Cl)N1CCOCC1. The maximum atomic E-state index is 6.35. The minimum Gasteiger partial charge on any atom is -0.379 e. The second-order valence-electron chi connectivity index (χ2n) is 3.40.